The van der Waals surface area contributed by atoms with Gasteiger partial charge in [-0.15, -0.1) is 0 Å². The highest BCUT2D eigenvalue weighted by molar-refractivity contribution is 5.19. The lowest BCUT2D eigenvalue weighted by molar-refractivity contribution is 0.307. The van der Waals surface area contributed by atoms with Crippen LogP contribution in [-0.4, -0.2) is 6.04 Å². The van der Waals surface area contributed by atoms with E-state index in [1.165, 1.54) is 12.1 Å². The summed E-state index contributed by atoms with van der Waals surface area (Å²) in [6, 6.07) is 3.62. The van der Waals surface area contributed by atoms with Crippen LogP contribution in [0.25, 0.3) is 0 Å². The van der Waals surface area contributed by atoms with Gasteiger partial charge < -0.3 is 0 Å². The highest BCUT2D eigenvalue weighted by atomic mass is 19.1. The molecule has 0 aromatic heterocycles. The van der Waals surface area contributed by atoms with Crippen molar-refractivity contribution in [3.63, 3.8) is 0 Å². The Labute approximate surface area is 101 Å². The Hall–Kier alpha value is -1.00. The number of nitrogens with two attached hydrogens (primary N) is 1. The van der Waals surface area contributed by atoms with Crippen LogP contribution in [-0.2, 0) is 6.42 Å². The van der Waals surface area contributed by atoms with Crippen LogP contribution >= 0.6 is 0 Å². The van der Waals surface area contributed by atoms with Gasteiger partial charge in [-0.1, -0.05) is 26.8 Å². The van der Waals surface area contributed by atoms with Gasteiger partial charge in [0.25, 0.3) is 0 Å². The van der Waals surface area contributed by atoms with Crippen molar-refractivity contribution in [3.8, 4) is 0 Å². The average Bonchev–Trinajstić information content (AvgIpc) is 2.19. The summed E-state index contributed by atoms with van der Waals surface area (Å²) in [6.07, 6.45) is 1.28. The van der Waals surface area contributed by atoms with E-state index in [-0.39, 0.29) is 11.5 Å². The third-order valence-electron chi connectivity index (χ3n) is 2.58. The zero-order chi connectivity index (χ0) is 13.1. The Bertz CT molecular complexity index is 372. The molecule has 1 unspecified atom stereocenters. The van der Waals surface area contributed by atoms with Gasteiger partial charge in [-0.2, -0.15) is 0 Å². The molecule has 96 valence electrons. The van der Waals surface area contributed by atoms with E-state index in [0.29, 0.717) is 12.0 Å². The minimum absolute atomic E-state index is 0.0186. The monoisotopic (exact) mass is 242 g/mol. The summed E-state index contributed by atoms with van der Waals surface area (Å²) in [7, 11) is 0. The van der Waals surface area contributed by atoms with Crippen molar-refractivity contribution in [1.29, 1.82) is 0 Å². The van der Waals surface area contributed by atoms with Crippen LogP contribution in [0.3, 0.4) is 0 Å². The molecule has 1 rings (SSSR count). The van der Waals surface area contributed by atoms with Crippen LogP contribution in [0.1, 0.15) is 32.8 Å². The normalized spacial score (nSPS) is 13.8. The molecule has 0 heterocycles. The summed E-state index contributed by atoms with van der Waals surface area (Å²) in [5.74, 6) is 4.39. The van der Waals surface area contributed by atoms with E-state index in [1.807, 2.05) is 0 Å². The number of nitrogens with one attached hydrogen (secondary N) is 1. The van der Waals surface area contributed by atoms with Crippen LogP contribution in [0.5, 0.6) is 0 Å². The van der Waals surface area contributed by atoms with E-state index < -0.39 is 11.6 Å². The third kappa shape index (κ3) is 4.79. The highest BCUT2D eigenvalue weighted by Crippen LogP contribution is 2.23. The Morgan fingerprint density at radius 3 is 2.41 bits per heavy atom. The van der Waals surface area contributed by atoms with E-state index in [2.05, 4.69) is 26.2 Å². The number of hydrogen-bond donors (Lipinski definition) is 2. The van der Waals surface area contributed by atoms with E-state index in [0.717, 1.165) is 12.5 Å². The second kappa shape index (κ2) is 5.56. The van der Waals surface area contributed by atoms with Crippen molar-refractivity contribution in [2.45, 2.75) is 39.7 Å². The SMILES string of the molecule is CC(C)(C)CC(Cc1ccc(F)cc1F)NN. The standard InChI is InChI=1S/C13H20F2N2/c1-13(2,3)8-11(17-16)6-9-4-5-10(14)7-12(9)15/h4-5,7,11,17H,6,8,16H2,1-3H3. The fraction of sp³-hybridized carbons (Fsp3) is 0.538. The van der Waals surface area contributed by atoms with Crippen LogP contribution in [0.15, 0.2) is 18.2 Å². The maximum absolute atomic E-state index is 13.5. The second-order valence-electron chi connectivity index (χ2n) is 5.57. The Morgan fingerprint density at radius 1 is 1.29 bits per heavy atom. The molecule has 0 aliphatic carbocycles. The van der Waals surface area contributed by atoms with E-state index in [9.17, 15) is 8.78 Å². The molecule has 0 saturated heterocycles. The molecule has 0 spiro atoms. The zero-order valence-electron chi connectivity index (χ0n) is 10.6. The first-order valence-electron chi connectivity index (χ1n) is 5.72. The smallest absolute Gasteiger partial charge is 0.129 e. The van der Waals surface area contributed by atoms with Crippen molar-refractivity contribution >= 4 is 0 Å². The molecule has 2 nitrogen and oxygen atoms in total. The van der Waals surface area contributed by atoms with Crippen LogP contribution in [0.4, 0.5) is 8.78 Å². The Morgan fingerprint density at radius 2 is 1.94 bits per heavy atom. The Balaban J connectivity index is 2.74. The van der Waals surface area contributed by atoms with Gasteiger partial charge in [-0.3, -0.25) is 11.3 Å². The van der Waals surface area contributed by atoms with Crippen molar-refractivity contribution in [1.82, 2.24) is 5.43 Å². The van der Waals surface area contributed by atoms with Gasteiger partial charge in [-0.05, 0) is 29.9 Å². The number of benzene rings is 1. The highest BCUT2D eigenvalue weighted by Gasteiger charge is 2.19. The summed E-state index contributed by atoms with van der Waals surface area (Å²) in [5, 5.41) is 0. The van der Waals surface area contributed by atoms with Crippen LogP contribution < -0.4 is 11.3 Å². The van der Waals surface area contributed by atoms with E-state index in [1.54, 1.807) is 0 Å². The fourth-order valence-electron chi connectivity index (χ4n) is 1.88. The van der Waals surface area contributed by atoms with Gasteiger partial charge >= 0.3 is 0 Å². The van der Waals surface area contributed by atoms with Gasteiger partial charge in [0.1, 0.15) is 11.6 Å². The van der Waals surface area contributed by atoms with Crippen molar-refractivity contribution in [2.24, 2.45) is 11.3 Å². The van der Waals surface area contributed by atoms with Gasteiger partial charge in [0.05, 0.1) is 0 Å². The molecule has 4 heteroatoms. The predicted octanol–water partition coefficient (Wildman–Crippen LogP) is 2.78. The third-order valence-corrected chi connectivity index (χ3v) is 2.58. The maximum Gasteiger partial charge on any atom is 0.129 e. The minimum atomic E-state index is -0.556. The first-order chi connectivity index (χ1) is 7.81. The summed E-state index contributed by atoms with van der Waals surface area (Å²) in [5.41, 5.74) is 3.28. The molecule has 1 aromatic carbocycles. The van der Waals surface area contributed by atoms with Crippen molar-refractivity contribution in [2.75, 3.05) is 0 Å². The molecule has 0 saturated carbocycles. The lowest BCUT2D eigenvalue weighted by Gasteiger charge is -2.25. The molecular weight excluding hydrogens is 222 g/mol. The second-order valence-corrected chi connectivity index (χ2v) is 5.57. The van der Waals surface area contributed by atoms with E-state index in [4.69, 9.17) is 5.84 Å². The number of halogens is 2. The largest absolute Gasteiger partial charge is 0.271 e. The average molecular weight is 242 g/mol. The van der Waals surface area contributed by atoms with Gasteiger partial charge in [0.2, 0.25) is 0 Å². The summed E-state index contributed by atoms with van der Waals surface area (Å²) < 4.78 is 26.2. The molecule has 0 aliphatic rings. The molecule has 3 N–H and O–H groups in total. The topological polar surface area (TPSA) is 38.0 Å². The summed E-state index contributed by atoms with van der Waals surface area (Å²) in [6.45, 7) is 6.29. The molecule has 0 fully saturated rings. The lowest BCUT2D eigenvalue weighted by Crippen LogP contribution is -2.39. The quantitative estimate of drug-likeness (QED) is 0.629. The zero-order valence-corrected chi connectivity index (χ0v) is 10.6. The molecule has 17 heavy (non-hydrogen) atoms. The number of hydrazine groups is 1. The maximum atomic E-state index is 13.5. The van der Waals surface area contributed by atoms with E-state index >= 15 is 0 Å². The first kappa shape index (κ1) is 14.1. The van der Waals surface area contributed by atoms with Crippen molar-refractivity contribution < 1.29 is 8.78 Å². The van der Waals surface area contributed by atoms with Gasteiger partial charge in [-0.25, -0.2) is 8.78 Å². The molecular formula is C13H20F2N2. The molecule has 0 aliphatic heterocycles. The first-order valence-corrected chi connectivity index (χ1v) is 5.72. The molecule has 0 radical (unpaired) electrons. The van der Waals surface area contributed by atoms with Crippen LogP contribution in [0.2, 0.25) is 0 Å². The fourth-order valence-corrected chi connectivity index (χ4v) is 1.88. The predicted molar refractivity (Wildman–Crippen MR) is 65.2 cm³/mol. The molecule has 1 aromatic rings. The minimum Gasteiger partial charge on any atom is -0.271 e. The lowest BCUT2D eigenvalue weighted by atomic mass is 9.86. The molecule has 0 amide bonds. The van der Waals surface area contributed by atoms with Gasteiger partial charge in [0.15, 0.2) is 0 Å². The Kier molecular flexibility index (Phi) is 4.60. The number of hydrogen-bond acceptors (Lipinski definition) is 2. The number of rotatable bonds is 4. The summed E-state index contributed by atoms with van der Waals surface area (Å²) in [4.78, 5) is 0. The van der Waals surface area contributed by atoms with Crippen molar-refractivity contribution in [3.05, 3.63) is 35.4 Å². The van der Waals surface area contributed by atoms with Crippen LogP contribution in [0, 0.1) is 17.0 Å². The summed E-state index contributed by atoms with van der Waals surface area (Å²) >= 11 is 0. The molecule has 1 atom stereocenters. The molecule has 0 bridgehead atoms. The van der Waals surface area contributed by atoms with Gasteiger partial charge in [0, 0.05) is 12.1 Å².